The highest BCUT2D eigenvalue weighted by molar-refractivity contribution is 6.30. The van der Waals surface area contributed by atoms with Crippen molar-refractivity contribution in [2.24, 2.45) is 5.73 Å². The minimum atomic E-state index is 0.0135. The van der Waals surface area contributed by atoms with Crippen molar-refractivity contribution in [1.29, 1.82) is 5.26 Å². The van der Waals surface area contributed by atoms with Gasteiger partial charge < -0.3 is 5.73 Å². The minimum Gasteiger partial charge on any atom is -0.327 e. The predicted octanol–water partition coefficient (Wildman–Crippen LogP) is 3.89. The van der Waals surface area contributed by atoms with Crippen molar-refractivity contribution >= 4 is 11.6 Å². The van der Waals surface area contributed by atoms with E-state index in [1.165, 1.54) is 5.56 Å². The van der Waals surface area contributed by atoms with E-state index in [9.17, 15) is 0 Å². The average Bonchev–Trinajstić information content (AvgIpc) is 2.46. The fraction of sp³-hybridized carbons (Fsp3) is 0.235. The number of nitrogens with zero attached hydrogens (tertiary/aromatic N) is 1. The van der Waals surface area contributed by atoms with E-state index in [1.807, 2.05) is 55.5 Å². The molecule has 20 heavy (non-hydrogen) atoms. The van der Waals surface area contributed by atoms with Crippen LogP contribution in [0.2, 0.25) is 5.02 Å². The molecule has 3 heteroatoms. The highest BCUT2D eigenvalue weighted by Crippen LogP contribution is 2.25. The van der Waals surface area contributed by atoms with Gasteiger partial charge in [-0.25, -0.2) is 0 Å². The standard InChI is InChI=1S/C17H17ClN2/c1-12(20)17(10-13-5-7-16(18)8-6-13)15-4-2-3-14(9-15)11-19/h2-9,12,17H,10,20H2,1H3. The molecular weight excluding hydrogens is 268 g/mol. The molecule has 2 aromatic rings. The summed E-state index contributed by atoms with van der Waals surface area (Å²) in [6.45, 7) is 2.00. The summed E-state index contributed by atoms with van der Waals surface area (Å²) in [5.74, 6) is 0.185. The first-order valence-corrected chi connectivity index (χ1v) is 6.98. The Bertz CT molecular complexity index is 612. The lowest BCUT2D eigenvalue weighted by Crippen LogP contribution is -2.26. The maximum Gasteiger partial charge on any atom is 0.0991 e. The van der Waals surface area contributed by atoms with Crippen molar-refractivity contribution in [2.45, 2.75) is 25.3 Å². The van der Waals surface area contributed by atoms with E-state index in [4.69, 9.17) is 22.6 Å². The van der Waals surface area contributed by atoms with Gasteiger partial charge in [0.2, 0.25) is 0 Å². The normalized spacial score (nSPS) is 13.5. The van der Waals surface area contributed by atoms with Crippen LogP contribution in [-0.2, 0) is 6.42 Å². The Morgan fingerprint density at radius 3 is 2.50 bits per heavy atom. The zero-order chi connectivity index (χ0) is 14.5. The molecule has 2 atom stereocenters. The van der Waals surface area contributed by atoms with Gasteiger partial charge in [0.15, 0.2) is 0 Å². The monoisotopic (exact) mass is 284 g/mol. The van der Waals surface area contributed by atoms with Gasteiger partial charge in [-0.15, -0.1) is 0 Å². The van der Waals surface area contributed by atoms with Gasteiger partial charge in [-0.3, -0.25) is 0 Å². The molecule has 102 valence electrons. The second-order valence-corrected chi connectivity index (χ2v) is 5.47. The van der Waals surface area contributed by atoms with Gasteiger partial charge in [0.1, 0.15) is 0 Å². The number of rotatable bonds is 4. The second-order valence-electron chi connectivity index (χ2n) is 5.03. The van der Waals surface area contributed by atoms with Gasteiger partial charge in [0, 0.05) is 17.0 Å². The van der Waals surface area contributed by atoms with Crippen LogP contribution in [0.3, 0.4) is 0 Å². The topological polar surface area (TPSA) is 49.8 Å². The third-order valence-corrected chi connectivity index (χ3v) is 3.70. The Labute approximate surface area is 124 Å². The van der Waals surface area contributed by atoms with Gasteiger partial charge >= 0.3 is 0 Å². The zero-order valence-corrected chi connectivity index (χ0v) is 12.1. The smallest absolute Gasteiger partial charge is 0.0991 e. The van der Waals surface area contributed by atoms with E-state index in [2.05, 4.69) is 6.07 Å². The van der Waals surface area contributed by atoms with Crippen molar-refractivity contribution in [1.82, 2.24) is 0 Å². The first kappa shape index (κ1) is 14.6. The van der Waals surface area contributed by atoms with Crippen LogP contribution in [-0.4, -0.2) is 6.04 Å². The van der Waals surface area contributed by atoms with Crippen molar-refractivity contribution in [3.8, 4) is 6.07 Å². The summed E-state index contributed by atoms with van der Waals surface area (Å²) in [4.78, 5) is 0. The van der Waals surface area contributed by atoms with Crippen LogP contribution >= 0.6 is 11.6 Å². The lowest BCUT2D eigenvalue weighted by Gasteiger charge is -2.21. The van der Waals surface area contributed by atoms with E-state index >= 15 is 0 Å². The fourth-order valence-electron chi connectivity index (χ4n) is 2.32. The number of halogens is 1. The molecule has 0 aromatic heterocycles. The molecule has 2 aromatic carbocycles. The Kier molecular flexibility index (Phi) is 4.79. The molecule has 0 heterocycles. The molecule has 0 saturated heterocycles. The Morgan fingerprint density at radius 2 is 1.90 bits per heavy atom. The predicted molar refractivity (Wildman–Crippen MR) is 82.7 cm³/mol. The lowest BCUT2D eigenvalue weighted by atomic mass is 9.86. The number of hydrogen-bond acceptors (Lipinski definition) is 2. The molecule has 0 amide bonds. The average molecular weight is 285 g/mol. The molecule has 0 fully saturated rings. The van der Waals surface area contributed by atoms with E-state index in [0.717, 1.165) is 17.0 Å². The van der Waals surface area contributed by atoms with Gasteiger partial charge in [-0.05, 0) is 48.7 Å². The number of nitriles is 1. The zero-order valence-electron chi connectivity index (χ0n) is 11.4. The maximum atomic E-state index is 9.01. The molecule has 0 saturated carbocycles. The van der Waals surface area contributed by atoms with Crippen LogP contribution in [0.4, 0.5) is 0 Å². The van der Waals surface area contributed by atoms with Crippen LogP contribution in [0.5, 0.6) is 0 Å². The molecule has 0 bridgehead atoms. The molecule has 2 N–H and O–H groups in total. The fourth-order valence-corrected chi connectivity index (χ4v) is 2.45. The van der Waals surface area contributed by atoms with E-state index in [-0.39, 0.29) is 12.0 Å². The number of nitrogens with two attached hydrogens (primary N) is 1. The Morgan fingerprint density at radius 1 is 1.20 bits per heavy atom. The summed E-state index contributed by atoms with van der Waals surface area (Å²) in [6.07, 6.45) is 0.837. The third kappa shape index (κ3) is 3.60. The second kappa shape index (κ2) is 6.56. The summed E-state index contributed by atoms with van der Waals surface area (Å²) in [5, 5.41) is 9.74. The molecule has 0 aliphatic rings. The minimum absolute atomic E-state index is 0.0135. The summed E-state index contributed by atoms with van der Waals surface area (Å²) >= 11 is 5.91. The molecule has 2 unspecified atom stereocenters. The first-order chi connectivity index (χ1) is 9.60. The van der Waals surface area contributed by atoms with Crippen LogP contribution < -0.4 is 5.73 Å². The molecule has 2 nitrogen and oxygen atoms in total. The number of benzene rings is 2. The van der Waals surface area contributed by atoms with E-state index in [0.29, 0.717) is 5.56 Å². The summed E-state index contributed by atoms with van der Waals surface area (Å²) in [7, 11) is 0. The SMILES string of the molecule is CC(N)C(Cc1ccc(Cl)cc1)c1cccc(C#N)c1. The molecular formula is C17H17ClN2. The van der Waals surface area contributed by atoms with E-state index < -0.39 is 0 Å². The summed E-state index contributed by atoms with van der Waals surface area (Å²) < 4.78 is 0. The van der Waals surface area contributed by atoms with Crippen LogP contribution in [0.15, 0.2) is 48.5 Å². The van der Waals surface area contributed by atoms with Gasteiger partial charge in [0.25, 0.3) is 0 Å². The summed E-state index contributed by atoms with van der Waals surface area (Å²) in [5.41, 5.74) is 9.10. The van der Waals surface area contributed by atoms with Crippen molar-refractivity contribution in [3.05, 3.63) is 70.2 Å². The lowest BCUT2D eigenvalue weighted by molar-refractivity contribution is 0.565. The van der Waals surface area contributed by atoms with Gasteiger partial charge in [-0.2, -0.15) is 5.26 Å². The molecule has 0 aliphatic carbocycles. The van der Waals surface area contributed by atoms with Crippen LogP contribution in [0, 0.1) is 11.3 Å². The largest absolute Gasteiger partial charge is 0.327 e. The van der Waals surface area contributed by atoms with Crippen LogP contribution in [0.25, 0.3) is 0 Å². The molecule has 0 aliphatic heterocycles. The van der Waals surface area contributed by atoms with Crippen molar-refractivity contribution < 1.29 is 0 Å². The summed E-state index contributed by atoms with van der Waals surface area (Å²) in [6, 6.07) is 17.7. The van der Waals surface area contributed by atoms with Crippen LogP contribution in [0.1, 0.15) is 29.5 Å². The third-order valence-electron chi connectivity index (χ3n) is 3.45. The first-order valence-electron chi connectivity index (χ1n) is 6.60. The molecule has 2 rings (SSSR count). The van der Waals surface area contributed by atoms with Gasteiger partial charge in [0.05, 0.1) is 11.6 Å². The highest BCUT2D eigenvalue weighted by Gasteiger charge is 2.17. The quantitative estimate of drug-likeness (QED) is 0.926. The highest BCUT2D eigenvalue weighted by atomic mass is 35.5. The Hall–Kier alpha value is -1.82. The molecule has 0 spiro atoms. The van der Waals surface area contributed by atoms with Crippen molar-refractivity contribution in [2.75, 3.05) is 0 Å². The maximum absolute atomic E-state index is 9.01. The van der Waals surface area contributed by atoms with Crippen molar-refractivity contribution in [3.63, 3.8) is 0 Å². The molecule has 0 radical (unpaired) electrons. The van der Waals surface area contributed by atoms with E-state index in [1.54, 1.807) is 0 Å². The Balaban J connectivity index is 2.27. The number of hydrogen-bond donors (Lipinski definition) is 1. The van der Waals surface area contributed by atoms with Gasteiger partial charge in [-0.1, -0.05) is 35.9 Å².